The van der Waals surface area contributed by atoms with E-state index in [1.54, 1.807) is 6.07 Å². The molecule has 8 aromatic rings. The first-order valence-electron chi connectivity index (χ1n) is 20.8. The number of pyridine rings is 1. The first-order chi connectivity index (χ1) is 29.0. The minimum atomic E-state index is -0.178. The Morgan fingerprint density at radius 1 is 0.607 bits per heavy atom. The molecule has 306 valence electrons. The van der Waals surface area contributed by atoms with Gasteiger partial charge in [-0.25, -0.2) is 0 Å². The van der Waals surface area contributed by atoms with Crippen LogP contribution in [0, 0.1) is 12.0 Å². The Morgan fingerprint density at radius 2 is 1.23 bits per heavy atom. The molecule has 0 saturated carbocycles. The van der Waals surface area contributed by atoms with Crippen LogP contribution in [0.25, 0.3) is 61.5 Å². The maximum Gasteiger partial charge on any atom is 2.00 e. The van der Waals surface area contributed by atoms with Gasteiger partial charge >= 0.3 is 21.1 Å². The molecule has 2 N–H and O–H groups in total. The minimum absolute atomic E-state index is 0. The second-order valence-electron chi connectivity index (χ2n) is 17.0. The molecule has 0 amide bonds. The van der Waals surface area contributed by atoms with Gasteiger partial charge in [-0.05, 0) is 81.5 Å². The van der Waals surface area contributed by atoms with Crippen LogP contribution in [-0.4, -0.2) is 10.1 Å². The zero-order chi connectivity index (χ0) is 41.8. The number of benzene rings is 7. The van der Waals surface area contributed by atoms with Crippen molar-refractivity contribution in [2.24, 2.45) is 5.92 Å². The summed E-state index contributed by atoms with van der Waals surface area (Å²) in [6.07, 6.45) is 2.83. The molecule has 0 saturated heterocycles. The molecule has 0 radical (unpaired) electrons. The summed E-state index contributed by atoms with van der Waals surface area (Å²) >= 11 is 0. The molecular weight excluding hydrogens is 926 g/mol. The predicted octanol–water partition coefficient (Wildman–Crippen LogP) is 15.4. The molecular formula is C56H51N3OPt. The molecule has 1 heterocycles. The summed E-state index contributed by atoms with van der Waals surface area (Å²) in [6, 6.07) is 62.1. The van der Waals surface area contributed by atoms with Crippen LogP contribution in [0.5, 0.6) is 5.75 Å². The summed E-state index contributed by atoms with van der Waals surface area (Å²) < 4.78 is 0. The summed E-state index contributed by atoms with van der Waals surface area (Å²) in [7, 11) is 0. The molecule has 0 bridgehead atoms. The van der Waals surface area contributed by atoms with Gasteiger partial charge in [0.25, 0.3) is 0 Å². The second-order valence-corrected chi connectivity index (χ2v) is 17.0. The SMILES string of the molecule is CC(C)Cc1ccc(N(Cc2ccccc2O)c2cccc(-c3[c-]c(-c4cc(-c5ccc(-c6ccccc6)cc5)ccn4)cc(C(C)(C)C)c3)c2[NH-])c(-c2ccccc2)c1.[Pt+2]. The Kier molecular flexibility index (Phi) is 13.1. The standard InChI is InChI=1S/C56H51N3O.Pt/c1-38(2)31-39-23-28-52(50(32-39)43-17-10-7-11-18-43)59(37-45-19-12-13-22-54(45)60)53-21-14-20-49(55(53)57)46-33-47(35-48(34-46)56(3,4)5)51-36-44(29-30-58-51)42-26-24-41(25-27-42)40-15-8-6-9-16-40;/h6-30,32,34-36,38,57,60H,31,37H2,1-5H3;/q-2;+2. The van der Waals surface area contributed by atoms with Crippen LogP contribution in [0.4, 0.5) is 17.1 Å². The van der Waals surface area contributed by atoms with Crippen LogP contribution in [0.3, 0.4) is 0 Å². The quantitative estimate of drug-likeness (QED) is 0.131. The van der Waals surface area contributed by atoms with Crippen LogP contribution >= 0.6 is 0 Å². The van der Waals surface area contributed by atoms with Crippen molar-refractivity contribution in [3.63, 3.8) is 0 Å². The Labute approximate surface area is 376 Å². The Bertz CT molecular complexity index is 2740. The van der Waals surface area contributed by atoms with E-state index in [2.05, 4.69) is 161 Å². The maximum atomic E-state index is 11.1. The molecule has 7 aromatic carbocycles. The summed E-state index contributed by atoms with van der Waals surface area (Å²) in [5, 5.41) is 11.1. The third-order valence-corrected chi connectivity index (χ3v) is 11.1. The number of phenolic OH excluding ortho intramolecular Hbond substituents is 1. The van der Waals surface area contributed by atoms with E-state index in [9.17, 15) is 10.8 Å². The molecule has 0 aliphatic carbocycles. The van der Waals surface area contributed by atoms with Gasteiger partial charge in [-0.2, -0.15) is 0 Å². The van der Waals surface area contributed by atoms with Crippen molar-refractivity contribution >= 4 is 17.1 Å². The predicted molar refractivity (Wildman–Crippen MR) is 252 cm³/mol. The number of rotatable bonds is 11. The van der Waals surface area contributed by atoms with E-state index in [1.165, 1.54) is 16.7 Å². The van der Waals surface area contributed by atoms with Gasteiger partial charge in [-0.15, -0.1) is 35.0 Å². The molecule has 0 atom stereocenters. The fourth-order valence-electron chi connectivity index (χ4n) is 7.90. The van der Waals surface area contributed by atoms with Gasteiger partial charge in [0, 0.05) is 34.4 Å². The fourth-order valence-corrected chi connectivity index (χ4v) is 7.90. The number of para-hydroxylation sites is 1. The maximum absolute atomic E-state index is 11.1. The number of anilines is 2. The van der Waals surface area contributed by atoms with Crippen molar-refractivity contribution in [2.45, 2.75) is 53.0 Å². The average Bonchev–Trinajstić information content (AvgIpc) is 3.26. The van der Waals surface area contributed by atoms with E-state index >= 15 is 0 Å². The van der Waals surface area contributed by atoms with E-state index in [0.29, 0.717) is 18.2 Å². The van der Waals surface area contributed by atoms with Crippen LogP contribution < -0.4 is 4.90 Å². The van der Waals surface area contributed by atoms with Gasteiger partial charge < -0.3 is 15.7 Å². The zero-order valence-electron chi connectivity index (χ0n) is 35.4. The van der Waals surface area contributed by atoms with E-state index in [-0.39, 0.29) is 32.2 Å². The smallest absolute Gasteiger partial charge is 0.703 e. The topological polar surface area (TPSA) is 60.2 Å². The fraction of sp³-hybridized carbons (Fsp3) is 0.161. The van der Waals surface area contributed by atoms with Crippen molar-refractivity contribution in [2.75, 3.05) is 4.90 Å². The number of hydrogen-bond donors (Lipinski definition) is 1. The normalized spacial score (nSPS) is 11.3. The van der Waals surface area contributed by atoms with Crippen molar-refractivity contribution in [3.8, 4) is 61.5 Å². The van der Waals surface area contributed by atoms with Crippen LogP contribution in [0.1, 0.15) is 51.3 Å². The number of nitrogens with one attached hydrogen (secondary N) is 1. The number of aromatic hydroxyl groups is 1. The molecule has 5 heteroatoms. The molecule has 61 heavy (non-hydrogen) atoms. The number of hydrogen-bond acceptors (Lipinski definition) is 3. The van der Waals surface area contributed by atoms with Gasteiger partial charge in [0.1, 0.15) is 5.75 Å². The molecule has 8 rings (SSSR count). The van der Waals surface area contributed by atoms with Crippen LogP contribution in [0.2, 0.25) is 0 Å². The largest absolute Gasteiger partial charge is 2.00 e. The van der Waals surface area contributed by atoms with Gasteiger partial charge in [0.15, 0.2) is 0 Å². The molecule has 0 fully saturated rings. The van der Waals surface area contributed by atoms with E-state index in [1.807, 2.05) is 54.7 Å². The Morgan fingerprint density at radius 3 is 1.90 bits per heavy atom. The van der Waals surface area contributed by atoms with Crippen molar-refractivity contribution in [3.05, 3.63) is 205 Å². The third-order valence-electron chi connectivity index (χ3n) is 11.1. The van der Waals surface area contributed by atoms with E-state index in [4.69, 9.17) is 4.98 Å². The van der Waals surface area contributed by atoms with Gasteiger partial charge in [0.2, 0.25) is 0 Å². The Hall–Kier alpha value is -6.22. The minimum Gasteiger partial charge on any atom is -0.703 e. The Balaban J connectivity index is 0.00000561. The van der Waals surface area contributed by atoms with Crippen molar-refractivity contribution in [1.82, 2.24) is 4.98 Å². The van der Waals surface area contributed by atoms with E-state index < -0.39 is 0 Å². The van der Waals surface area contributed by atoms with Crippen LogP contribution in [-0.2, 0) is 39.4 Å². The monoisotopic (exact) mass is 976 g/mol. The zero-order valence-corrected chi connectivity index (χ0v) is 37.7. The first kappa shape index (κ1) is 42.9. The van der Waals surface area contributed by atoms with Crippen LogP contribution in [0.15, 0.2) is 176 Å². The summed E-state index contributed by atoms with van der Waals surface area (Å²) in [6.45, 7) is 11.5. The molecule has 0 aliphatic rings. The summed E-state index contributed by atoms with van der Waals surface area (Å²) in [4.78, 5) is 7.06. The van der Waals surface area contributed by atoms with Gasteiger partial charge in [-0.1, -0.05) is 173 Å². The number of aromatic nitrogens is 1. The van der Waals surface area contributed by atoms with E-state index in [0.717, 1.165) is 73.6 Å². The molecule has 4 nitrogen and oxygen atoms in total. The van der Waals surface area contributed by atoms with Gasteiger partial charge in [-0.3, -0.25) is 4.98 Å². The second kappa shape index (κ2) is 18.6. The number of phenols is 1. The average molecular weight is 977 g/mol. The third kappa shape index (κ3) is 9.72. The molecule has 0 spiro atoms. The van der Waals surface area contributed by atoms with Crippen molar-refractivity contribution in [1.29, 1.82) is 0 Å². The molecule has 0 unspecified atom stereocenters. The van der Waals surface area contributed by atoms with Crippen molar-refractivity contribution < 1.29 is 26.2 Å². The summed E-state index contributed by atoms with van der Waals surface area (Å²) in [5.74, 6) is 0.725. The molecule has 1 aromatic heterocycles. The number of nitrogens with zero attached hydrogens (tertiary/aromatic N) is 2. The summed E-state index contributed by atoms with van der Waals surface area (Å²) in [5.41, 5.74) is 25.1. The molecule has 0 aliphatic heterocycles. The van der Waals surface area contributed by atoms with Gasteiger partial charge in [0.05, 0.1) is 6.54 Å². The first-order valence-corrected chi connectivity index (χ1v) is 20.8.